The summed E-state index contributed by atoms with van der Waals surface area (Å²) >= 11 is 0. The molecular formula is C24H30BF2N5O4. The minimum absolute atomic E-state index is 0.0769. The summed E-state index contributed by atoms with van der Waals surface area (Å²) < 4.78 is 35.9. The van der Waals surface area contributed by atoms with E-state index in [9.17, 15) is 14.8 Å². The van der Waals surface area contributed by atoms with E-state index in [1.165, 1.54) is 13.2 Å². The first-order chi connectivity index (χ1) is 16.9. The second-order valence-corrected chi connectivity index (χ2v) is 10.8. The summed E-state index contributed by atoms with van der Waals surface area (Å²) in [4.78, 5) is 25.5. The van der Waals surface area contributed by atoms with Crippen molar-refractivity contribution < 1.29 is 28.4 Å². The number of carbonyl (C=O) groups is 1. The molecule has 9 nitrogen and oxygen atoms in total. The van der Waals surface area contributed by atoms with Gasteiger partial charge in [-0.3, -0.25) is 4.90 Å². The predicted molar refractivity (Wildman–Crippen MR) is 135 cm³/mol. The molecule has 192 valence electrons. The molecule has 2 aliphatic rings. The molecule has 0 bridgehead atoms. The number of carbonyl (C=O) groups excluding carboxylic acids is 1. The molecule has 0 spiro atoms. The fourth-order valence-corrected chi connectivity index (χ4v) is 5.58. The van der Waals surface area contributed by atoms with Crippen LogP contribution in [0.1, 0.15) is 27.2 Å². The van der Waals surface area contributed by atoms with Gasteiger partial charge in [-0.25, -0.2) is 18.6 Å². The molecule has 0 saturated carbocycles. The molecular weight excluding hydrogens is 471 g/mol. The Balaban J connectivity index is 1.76. The number of amides is 1. The van der Waals surface area contributed by atoms with E-state index in [2.05, 4.69) is 19.8 Å². The Morgan fingerprint density at radius 1 is 1.28 bits per heavy atom. The quantitative estimate of drug-likeness (QED) is 0.473. The summed E-state index contributed by atoms with van der Waals surface area (Å²) in [7, 11) is 1.59. The third-order valence-electron chi connectivity index (χ3n) is 7.10. The maximum Gasteiger partial charge on any atom is 0.492 e. The second kappa shape index (κ2) is 8.57. The van der Waals surface area contributed by atoms with E-state index in [4.69, 9.17) is 4.74 Å². The van der Waals surface area contributed by atoms with Crippen LogP contribution in [0.15, 0.2) is 12.3 Å². The van der Waals surface area contributed by atoms with Crippen LogP contribution < -0.4 is 15.3 Å². The fraction of sp³-hybridized carbons (Fsp3) is 0.500. The maximum atomic E-state index is 15.5. The number of nitrogens with zero attached hydrogens (tertiary/aromatic N) is 4. The lowest BCUT2D eigenvalue weighted by Gasteiger charge is -2.29. The topological polar surface area (TPSA) is 105 Å². The number of aromatic nitrogens is 2. The average Bonchev–Trinajstić information content (AvgIpc) is 3.45. The monoisotopic (exact) mass is 501 g/mol. The molecule has 1 amide bonds. The van der Waals surface area contributed by atoms with Gasteiger partial charge >= 0.3 is 13.2 Å². The zero-order valence-electron chi connectivity index (χ0n) is 21.0. The summed E-state index contributed by atoms with van der Waals surface area (Å²) in [5, 5.41) is 20.6. The molecule has 1 aromatic carbocycles. The van der Waals surface area contributed by atoms with Crippen molar-refractivity contribution in [3.63, 3.8) is 0 Å². The van der Waals surface area contributed by atoms with Gasteiger partial charge in [0.05, 0.1) is 27.7 Å². The third kappa shape index (κ3) is 3.97. The molecule has 0 aliphatic carbocycles. The molecule has 2 aromatic heterocycles. The highest BCUT2D eigenvalue weighted by Gasteiger charge is 2.42. The minimum Gasteiger partial charge on any atom is -0.443 e. The number of H-pyrrole nitrogens is 1. The zero-order valence-corrected chi connectivity index (χ0v) is 21.0. The number of fused-ring (bicyclic) bond motifs is 4. The molecule has 5 rings (SSSR count). The lowest BCUT2D eigenvalue weighted by Crippen LogP contribution is -2.42. The van der Waals surface area contributed by atoms with Crippen LogP contribution in [0.4, 0.5) is 25.0 Å². The SMILES string of the molecule is CN1C[C@H]2CCN(c3c(B(O)O)cnc4[nH]c5c(N(C)C(=O)OC(C)(C)C)cc(F)c(F)c5c34)[C@H]2C1. The average molecular weight is 501 g/mol. The van der Waals surface area contributed by atoms with Crippen molar-refractivity contribution in [3.05, 3.63) is 23.9 Å². The van der Waals surface area contributed by atoms with Crippen molar-refractivity contribution in [2.75, 3.05) is 43.5 Å². The highest BCUT2D eigenvalue weighted by Crippen LogP contribution is 2.42. The van der Waals surface area contributed by atoms with Crippen LogP contribution in [-0.2, 0) is 4.74 Å². The number of halogens is 2. The van der Waals surface area contributed by atoms with Crippen LogP contribution in [0, 0.1) is 17.6 Å². The lowest BCUT2D eigenvalue weighted by atomic mass is 9.79. The number of likely N-dealkylation sites (N-methyl/N-ethyl adjacent to an activating group) is 1. The van der Waals surface area contributed by atoms with Crippen molar-refractivity contribution >= 4 is 52.0 Å². The molecule has 0 radical (unpaired) electrons. The molecule has 2 fully saturated rings. The highest BCUT2D eigenvalue weighted by molar-refractivity contribution is 6.61. The van der Waals surface area contributed by atoms with Gasteiger partial charge in [0.25, 0.3) is 0 Å². The minimum atomic E-state index is -1.86. The van der Waals surface area contributed by atoms with Crippen molar-refractivity contribution in [2.45, 2.75) is 38.8 Å². The van der Waals surface area contributed by atoms with Gasteiger partial charge in [0.15, 0.2) is 11.6 Å². The molecule has 12 heteroatoms. The van der Waals surface area contributed by atoms with Crippen LogP contribution in [0.3, 0.4) is 0 Å². The number of anilines is 2. The van der Waals surface area contributed by atoms with Crippen molar-refractivity contribution in [2.24, 2.45) is 5.92 Å². The van der Waals surface area contributed by atoms with Crippen molar-refractivity contribution in [1.29, 1.82) is 0 Å². The van der Waals surface area contributed by atoms with Crippen molar-refractivity contribution in [3.8, 4) is 0 Å². The number of ether oxygens (including phenoxy) is 1. The van der Waals surface area contributed by atoms with E-state index in [0.29, 0.717) is 18.2 Å². The Labute approximate surface area is 207 Å². The molecule has 36 heavy (non-hydrogen) atoms. The molecule has 0 unspecified atom stereocenters. The van der Waals surface area contributed by atoms with E-state index in [1.54, 1.807) is 20.8 Å². The number of hydrogen-bond acceptors (Lipinski definition) is 7. The Morgan fingerprint density at radius 2 is 2.00 bits per heavy atom. The van der Waals surface area contributed by atoms with E-state index in [-0.39, 0.29) is 39.1 Å². The van der Waals surface area contributed by atoms with Gasteiger partial charge in [-0.1, -0.05) is 0 Å². The smallest absolute Gasteiger partial charge is 0.443 e. The molecule has 2 atom stereocenters. The Morgan fingerprint density at radius 3 is 2.67 bits per heavy atom. The number of hydrogen-bond donors (Lipinski definition) is 3. The van der Waals surface area contributed by atoms with Gasteiger partial charge in [-0.2, -0.15) is 0 Å². The van der Waals surface area contributed by atoms with Gasteiger partial charge < -0.3 is 29.6 Å². The largest absolute Gasteiger partial charge is 0.492 e. The van der Waals surface area contributed by atoms with Crippen molar-refractivity contribution in [1.82, 2.24) is 14.9 Å². The van der Waals surface area contributed by atoms with E-state index >= 15 is 8.78 Å². The summed E-state index contributed by atoms with van der Waals surface area (Å²) in [6.07, 6.45) is 1.50. The van der Waals surface area contributed by atoms with Crippen LogP contribution in [0.25, 0.3) is 21.9 Å². The molecule has 2 saturated heterocycles. The second-order valence-electron chi connectivity index (χ2n) is 10.8. The lowest BCUT2D eigenvalue weighted by molar-refractivity contribution is 0.0589. The summed E-state index contributed by atoms with van der Waals surface area (Å²) in [5.41, 5.74) is 0.236. The molecule has 4 heterocycles. The maximum absolute atomic E-state index is 15.5. The highest BCUT2D eigenvalue weighted by atomic mass is 19.2. The third-order valence-corrected chi connectivity index (χ3v) is 7.10. The van der Waals surface area contributed by atoms with Gasteiger partial charge in [0.1, 0.15) is 11.2 Å². The van der Waals surface area contributed by atoms with E-state index in [1.807, 2.05) is 7.05 Å². The number of nitrogens with one attached hydrogen (secondary N) is 1. The van der Waals surface area contributed by atoms with Crippen LogP contribution in [0.2, 0.25) is 0 Å². The zero-order chi connectivity index (χ0) is 26.1. The normalized spacial score (nSPS) is 20.4. The first-order valence-electron chi connectivity index (χ1n) is 12.0. The Bertz CT molecular complexity index is 1360. The number of aromatic amines is 1. The van der Waals surface area contributed by atoms with E-state index < -0.39 is 30.4 Å². The van der Waals surface area contributed by atoms with Gasteiger partial charge in [0, 0.05) is 50.4 Å². The molecule has 3 N–H and O–H groups in total. The first kappa shape index (κ1) is 24.7. The van der Waals surface area contributed by atoms with E-state index in [0.717, 1.165) is 30.5 Å². The number of benzene rings is 1. The van der Waals surface area contributed by atoms with Gasteiger partial charge in [0.2, 0.25) is 0 Å². The summed E-state index contributed by atoms with van der Waals surface area (Å²) in [5.74, 6) is -1.87. The van der Waals surface area contributed by atoms with Crippen LogP contribution in [0.5, 0.6) is 0 Å². The Kier molecular flexibility index (Phi) is 5.88. The molecule has 3 aromatic rings. The van der Waals surface area contributed by atoms with Gasteiger partial charge in [-0.05, 0) is 40.2 Å². The first-order valence-corrected chi connectivity index (χ1v) is 12.0. The number of pyridine rings is 1. The number of likely N-dealkylation sites (tertiary alicyclic amines) is 1. The fourth-order valence-electron chi connectivity index (χ4n) is 5.58. The number of rotatable bonds is 3. The predicted octanol–water partition coefficient (Wildman–Crippen LogP) is 2.19. The van der Waals surface area contributed by atoms with Crippen LogP contribution in [-0.4, -0.2) is 83.5 Å². The molecule has 2 aliphatic heterocycles. The van der Waals surface area contributed by atoms with Crippen LogP contribution >= 0.6 is 0 Å². The van der Waals surface area contributed by atoms with Gasteiger partial charge in [-0.15, -0.1) is 0 Å². The Hall–Kier alpha value is -2.96. The summed E-state index contributed by atoms with van der Waals surface area (Å²) in [6, 6.07) is 1.03. The summed E-state index contributed by atoms with van der Waals surface area (Å²) in [6.45, 7) is 7.45. The standard InChI is InChI=1S/C24H30BF2N5O4/c1-24(2,3)36-23(33)31(5)15-8-14(26)19(27)17-18-21(32-7-6-12-10-30(4)11-16(12)32)13(25(34)35)9-28-22(18)29-20(15)17/h8-9,12,16,34-35H,6-7,10-11H2,1-5H3,(H,28,29)/t12-,16+/m1/s1.